The second kappa shape index (κ2) is 5.82. The molecule has 3 heterocycles. The van der Waals surface area contributed by atoms with Gasteiger partial charge in [0.15, 0.2) is 0 Å². The number of amides is 2. The van der Waals surface area contributed by atoms with Crippen LogP contribution < -0.4 is 5.32 Å². The van der Waals surface area contributed by atoms with Gasteiger partial charge >= 0.3 is 0 Å². The molecule has 0 saturated carbocycles. The summed E-state index contributed by atoms with van der Waals surface area (Å²) in [5.41, 5.74) is 1.51. The highest BCUT2D eigenvalue weighted by Crippen LogP contribution is 2.47. The summed E-state index contributed by atoms with van der Waals surface area (Å²) in [6.45, 7) is 1.94. The van der Waals surface area contributed by atoms with E-state index in [4.69, 9.17) is 0 Å². The minimum Gasteiger partial charge on any atom is -0.367 e. The topological polar surface area (TPSA) is 65.2 Å². The van der Waals surface area contributed by atoms with Gasteiger partial charge in [0.2, 0.25) is 5.91 Å². The van der Waals surface area contributed by atoms with Crippen LogP contribution in [-0.4, -0.2) is 41.3 Å². The van der Waals surface area contributed by atoms with E-state index in [9.17, 15) is 9.59 Å². The number of rotatable bonds is 2. The van der Waals surface area contributed by atoms with E-state index < -0.39 is 0 Å². The molecule has 0 radical (unpaired) electrons. The highest BCUT2D eigenvalue weighted by molar-refractivity contribution is 5.94. The molecule has 2 N–H and O–H groups in total. The summed E-state index contributed by atoms with van der Waals surface area (Å²) in [5.74, 6) is 0.376. The van der Waals surface area contributed by atoms with Crippen LogP contribution in [0.5, 0.6) is 0 Å². The van der Waals surface area contributed by atoms with Crippen LogP contribution in [0.25, 0.3) is 0 Å². The summed E-state index contributed by atoms with van der Waals surface area (Å²) in [6, 6.07) is 12.0. The molecule has 0 aliphatic carbocycles. The zero-order valence-corrected chi connectivity index (χ0v) is 13.5. The first kappa shape index (κ1) is 15.0. The summed E-state index contributed by atoms with van der Waals surface area (Å²) in [7, 11) is 0. The Balaban J connectivity index is 1.54. The molecular formula is C19H21N3O2. The Morgan fingerprint density at radius 2 is 1.88 bits per heavy atom. The molecule has 5 heteroatoms. The van der Waals surface area contributed by atoms with Crippen LogP contribution in [0.1, 0.15) is 34.7 Å². The van der Waals surface area contributed by atoms with Gasteiger partial charge in [-0.05, 0) is 24.5 Å². The van der Waals surface area contributed by atoms with E-state index in [0.29, 0.717) is 38.0 Å². The third kappa shape index (κ3) is 2.31. The van der Waals surface area contributed by atoms with E-state index in [2.05, 4.69) is 22.4 Å². The lowest BCUT2D eigenvalue weighted by Crippen LogP contribution is -2.47. The molecule has 2 aliphatic heterocycles. The number of H-pyrrole nitrogens is 1. The predicted octanol–water partition coefficient (Wildman–Crippen LogP) is 2.15. The molecule has 24 heavy (non-hydrogen) atoms. The molecule has 2 amide bonds. The molecule has 1 spiro atoms. The summed E-state index contributed by atoms with van der Waals surface area (Å²) in [5, 5.41) is 3.05. The van der Waals surface area contributed by atoms with Gasteiger partial charge in [-0.3, -0.25) is 9.59 Å². The lowest BCUT2D eigenvalue weighted by atomic mass is 9.68. The molecule has 124 valence electrons. The zero-order valence-electron chi connectivity index (χ0n) is 13.5. The fraction of sp³-hybridized carbons (Fsp3) is 0.368. The first-order valence-electron chi connectivity index (χ1n) is 8.46. The summed E-state index contributed by atoms with van der Waals surface area (Å²) < 4.78 is 0. The minimum absolute atomic E-state index is 0.0424. The van der Waals surface area contributed by atoms with Crippen LogP contribution in [0.15, 0.2) is 48.8 Å². The van der Waals surface area contributed by atoms with Crippen LogP contribution in [-0.2, 0) is 4.79 Å². The Morgan fingerprint density at radius 1 is 1.12 bits per heavy atom. The standard InChI is InChI=1S/C19H21N3O2/c23-17(15-6-9-20-12-15)22-10-7-19(8-11-22)16(13-21-18(19)24)14-4-2-1-3-5-14/h1-6,9,12,16,20H,7-8,10-11,13H2,(H,21,24). The molecule has 5 nitrogen and oxygen atoms in total. The fourth-order valence-corrected chi connectivity index (χ4v) is 4.17. The second-order valence-electron chi connectivity index (χ2n) is 6.72. The maximum Gasteiger partial charge on any atom is 0.255 e. The van der Waals surface area contributed by atoms with Gasteiger partial charge in [-0.1, -0.05) is 30.3 Å². The van der Waals surface area contributed by atoms with Crippen molar-refractivity contribution < 1.29 is 9.59 Å². The van der Waals surface area contributed by atoms with E-state index >= 15 is 0 Å². The van der Waals surface area contributed by atoms with Crippen LogP contribution in [0.2, 0.25) is 0 Å². The average molecular weight is 323 g/mol. The lowest BCUT2D eigenvalue weighted by Gasteiger charge is -2.41. The SMILES string of the molecule is O=C(c1cc[nH]c1)N1CCC2(CC1)C(=O)NCC2c1ccccc1. The maximum atomic E-state index is 12.6. The number of hydrogen-bond acceptors (Lipinski definition) is 2. The van der Waals surface area contributed by atoms with Gasteiger partial charge in [0.25, 0.3) is 5.91 Å². The van der Waals surface area contributed by atoms with E-state index in [1.807, 2.05) is 23.1 Å². The highest BCUT2D eigenvalue weighted by atomic mass is 16.2. The van der Waals surface area contributed by atoms with Crippen molar-refractivity contribution >= 4 is 11.8 Å². The predicted molar refractivity (Wildman–Crippen MR) is 90.6 cm³/mol. The van der Waals surface area contributed by atoms with Gasteiger partial charge < -0.3 is 15.2 Å². The Kier molecular flexibility index (Phi) is 3.63. The first-order chi connectivity index (χ1) is 11.7. The van der Waals surface area contributed by atoms with Crippen molar-refractivity contribution in [3.8, 4) is 0 Å². The Hall–Kier alpha value is -2.56. The molecule has 4 rings (SSSR count). The number of carbonyl (C=O) groups is 2. The smallest absolute Gasteiger partial charge is 0.255 e. The van der Waals surface area contributed by atoms with Crippen molar-refractivity contribution in [3.63, 3.8) is 0 Å². The van der Waals surface area contributed by atoms with E-state index in [1.54, 1.807) is 18.5 Å². The molecule has 2 fully saturated rings. The zero-order chi connectivity index (χ0) is 16.6. The van der Waals surface area contributed by atoms with Crippen molar-refractivity contribution in [2.24, 2.45) is 5.41 Å². The van der Waals surface area contributed by atoms with Crippen LogP contribution in [0.3, 0.4) is 0 Å². The molecule has 1 unspecified atom stereocenters. The van der Waals surface area contributed by atoms with E-state index in [1.165, 1.54) is 5.56 Å². The summed E-state index contributed by atoms with van der Waals surface area (Å²) >= 11 is 0. The highest BCUT2D eigenvalue weighted by Gasteiger charge is 2.52. The number of aromatic nitrogens is 1. The molecule has 0 bridgehead atoms. The second-order valence-corrected chi connectivity index (χ2v) is 6.72. The molecular weight excluding hydrogens is 302 g/mol. The molecule has 2 saturated heterocycles. The maximum absolute atomic E-state index is 12.6. The van der Waals surface area contributed by atoms with Gasteiger partial charge in [0.1, 0.15) is 0 Å². The van der Waals surface area contributed by atoms with E-state index in [0.717, 1.165) is 0 Å². The minimum atomic E-state index is -0.379. The number of hydrogen-bond donors (Lipinski definition) is 2. The molecule has 1 aromatic heterocycles. The summed E-state index contributed by atoms with van der Waals surface area (Å²) in [4.78, 5) is 29.9. The Labute approximate surface area is 141 Å². The molecule has 1 atom stereocenters. The van der Waals surface area contributed by atoms with Gasteiger partial charge in [0.05, 0.1) is 11.0 Å². The number of aromatic amines is 1. The number of nitrogens with zero attached hydrogens (tertiary/aromatic N) is 1. The first-order valence-corrected chi connectivity index (χ1v) is 8.46. The Bertz CT molecular complexity index is 731. The van der Waals surface area contributed by atoms with Crippen molar-refractivity contribution in [1.29, 1.82) is 0 Å². The van der Waals surface area contributed by atoms with Crippen molar-refractivity contribution in [2.45, 2.75) is 18.8 Å². The third-order valence-corrected chi connectivity index (χ3v) is 5.58. The van der Waals surface area contributed by atoms with Gasteiger partial charge in [-0.15, -0.1) is 0 Å². The number of piperidine rings is 1. The number of benzene rings is 1. The van der Waals surface area contributed by atoms with Gasteiger partial charge in [-0.25, -0.2) is 0 Å². The van der Waals surface area contributed by atoms with Crippen LogP contribution in [0.4, 0.5) is 0 Å². The normalized spacial score (nSPS) is 22.6. The number of likely N-dealkylation sites (tertiary alicyclic amines) is 1. The van der Waals surface area contributed by atoms with Crippen LogP contribution >= 0.6 is 0 Å². The van der Waals surface area contributed by atoms with Crippen molar-refractivity contribution in [3.05, 3.63) is 59.9 Å². The largest absolute Gasteiger partial charge is 0.367 e. The van der Waals surface area contributed by atoms with Gasteiger partial charge in [0, 0.05) is 37.9 Å². The van der Waals surface area contributed by atoms with Crippen molar-refractivity contribution in [1.82, 2.24) is 15.2 Å². The average Bonchev–Trinajstić information content (AvgIpc) is 3.26. The number of carbonyl (C=O) groups excluding carboxylic acids is 2. The fourth-order valence-electron chi connectivity index (χ4n) is 4.17. The lowest BCUT2D eigenvalue weighted by molar-refractivity contribution is -0.130. The monoisotopic (exact) mass is 323 g/mol. The third-order valence-electron chi connectivity index (χ3n) is 5.58. The molecule has 1 aromatic carbocycles. The van der Waals surface area contributed by atoms with E-state index in [-0.39, 0.29) is 23.1 Å². The van der Waals surface area contributed by atoms with Crippen molar-refractivity contribution in [2.75, 3.05) is 19.6 Å². The number of nitrogens with one attached hydrogen (secondary N) is 2. The molecule has 2 aromatic rings. The quantitative estimate of drug-likeness (QED) is 0.889. The van der Waals surface area contributed by atoms with Crippen LogP contribution in [0, 0.1) is 5.41 Å². The summed E-state index contributed by atoms with van der Waals surface area (Å²) in [6.07, 6.45) is 4.92. The molecule has 2 aliphatic rings. The Morgan fingerprint density at radius 3 is 2.54 bits per heavy atom. The van der Waals surface area contributed by atoms with Gasteiger partial charge in [-0.2, -0.15) is 0 Å².